The molecule has 0 spiro atoms. The summed E-state index contributed by atoms with van der Waals surface area (Å²) in [6.45, 7) is 5.13. The molecule has 2 N–H and O–H groups in total. The second kappa shape index (κ2) is 15.7. The zero-order valence-electron chi connectivity index (χ0n) is 24.8. The number of carboxylic acid groups (broad SMARTS) is 1. The zero-order chi connectivity index (χ0) is 29.2. The lowest BCUT2D eigenvalue weighted by atomic mass is 9.90. The Hall–Kier alpha value is -2.39. The number of hydrogen-bond donors (Lipinski definition) is 2. The van der Waals surface area contributed by atoms with Gasteiger partial charge in [-0.1, -0.05) is 49.6 Å². The first kappa shape index (κ1) is 31.5. The van der Waals surface area contributed by atoms with Crippen LogP contribution < -0.4 is 5.32 Å². The third-order valence-corrected chi connectivity index (χ3v) is 9.15. The Morgan fingerprint density at radius 2 is 1.88 bits per heavy atom. The molecule has 1 saturated carbocycles. The van der Waals surface area contributed by atoms with Crippen LogP contribution in [0.2, 0.25) is 0 Å². The van der Waals surface area contributed by atoms with E-state index in [2.05, 4.69) is 16.3 Å². The number of rotatable bonds is 14. The number of aryl methyl sites for hydroxylation is 1. The van der Waals surface area contributed by atoms with Gasteiger partial charge in [-0.2, -0.15) is 11.8 Å². The van der Waals surface area contributed by atoms with Crippen molar-refractivity contribution >= 4 is 23.6 Å². The van der Waals surface area contributed by atoms with E-state index in [1.807, 2.05) is 49.6 Å². The summed E-state index contributed by atoms with van der Waals surface area (Å²) < 4.78 is 12.0. The van der Waals surface area contributed by atoms with Crippen molar-refractivity contribution in [3.05, 3.63) is 59.2 Å². The summed E-state index contributed by atoms with van der Waals surface area (Å²) in [6.07, 6.45) is 10.0. The van der Waals surface area contributed by atoms with Gasteiger partial charge in [0.2, 0.25) is 0 Å². The Balaban J connectivity index is 1.53. The van der Waals surface area contributed by atoms with E-state index in [-0.39, 0.29) is 18.1 Å². The number of carboxylic acids is 1. The van der Waals surface area contributed by atoms with Gasteiger partial charge in [-0.15, -0.1) is 0 Å². The summed E-state index contributed by atoms with van der Waals surface area (Å²) in [6, 6.07) is 13.3. The molecule has 41 heavy (non-hydrogen) atoms. The number of amides is 1. The molecule has 2 fully saturated rings. The summed E-state index contributed by atoms with van der Waals surface area (Å²) in [7, 11) is 1.75. The van der Waals surface area contributed by atoms with Crippen LogP contribution in [0.3, 0.4) is 0 Å². The molecular formula is C33H46N2O5S. The van der Waals surface area contributed by atoms with Gasteiger partial charge in [0.25, 0.3) is 5.91 Å². The fraction of sp³-hybridized carbons (Fsp3) is 0.576. The molecule has 0 aromatic heterocycles. The molecule has 7 nitrogen and oxygen atoms in total. The highest BCUT2D eigenvalue weighted by Crippen LogP contribution is 2.31. The fourth-order valence-electron chi connectivity index (χ4n) is 6.19. The van der Waals surface area contributed by atoms with Gasteiger partial charge in [0.05, 0.1) is 12.7 Å². The number of nitrogens with zero attached hydrogens (tertiary/aromatic N) is 1. The van der Waals surface area contributed by atoms with Crippen LogP contribution in [0.4, 0.5) is 0 Å². The van der Waals surface area contributed by atoms with Crippen LogP contribution in [-0.4, -0.2) is 78.9 Å². The van der Waals surface area contributed by atoms with Gasteiger partial charge in [0.15, 0.2) is 0 Å². The largest absolute Gasteiger partial charge is 0.480 e. The normalized spacial score (nSPS) is 20.7. The Morgan fingerprint density at radius 1 is 1.10 bits per heavy atom. The number of carbonyl (C=O) groups excluding carboxylic acids is 1. The van der Waals surface area contributed by atoms with E-state index in [0.717, 1.165) is 48.4 Å². The molecule has 1 aliphatic carbocycles. The highest BCUT2D eigenvalue weighted by Gasteiger charge is 2.33. The third kappa shape index (κ3) is 8.80. The van der Waals surface area contributed by atoms with Crippen LogP contribution in [0.15, 0.2) is 42.5 Å². The van der Waals surface area contributed by atoms with E-state index in [1.54, 1.807) is 18.9 Å². The maximum Gasteiger partial charge on any atom is 0.326 e. The van der Waals surface area contributed by atoms with Crippen LogP contribution in [0, 0.1) is 12.8 Å². The third-order valence-electron chi connectivity index (χ3n) is 8.50. The standard InChI is InChI=1S/C33H46N2O5S/c1-23-9-7-8-12-28(23)30-17-25(13-14-29(30)32(36)34-31(33(37)38)15-16-41-3)19-35-20-27(18-26(35)22-39-2)40-21-24-10-5-4-6-11-24/h7-9,12-14,17,24,26-27,31H,4-6,10-11,15-16,18-22H2,1-3H3,(H,34,36)(H,37,38)/t26-,27?,31-/m0/s1. The summed E-state index contributed by atoms with van der Waals surface area (Å²) in [5, 5.41) is 12.4. The highest BCUT2D eigenvalue weighted by atomic mass is 32.2. The Bertz CT molecular complexity index is 1150. The monoisotopic (exact) mass is 582 g/mol. The van der Waals surface area contributed by atoms with Gasteiger partial charge in [0, 0.05) is 38.4 Å². The molecule has 1 heterocycles. The average molecular weight is 583 g/mol. The fourth-order valence-corrected chi connectivity index (χ4v) is 6.66. The van der Waals surface area contributed by atoms with Gasteiger partial charge in [0.1, 0.15) is 6.04 Å². The van der Waals surface area contributed by atoms with Crippen molar-refractivity contribution in [2.75, 3.05) is 38.9 Å². The van der Waals surface area contributed by atoms with Crippen molar-refractivity contribution in [2.45, 2.75) is 76.6 Å². The number of methoxy groups -OCH3 is 1. The minimum Gasteiger partial charge on any atom is -0.480 e. The minimum atomic E-state index is -1.01. The number of hydrogen-bond acceptors (Lipinski definition) is 6. The predicted octanol–water partition coefficient (Wildman–Crippen LogP) is 5.78. The molecule has 2 aromatic carbocycles. The van der Waals surface area contributed by atoms with Gasteiger partial charge < -0.3 is 19.9 Å². The molecule has 1 unspecified atom stereocenters. The smallest absolute Gasteiger partial charge is 0.326 e. The van der Waals surface area contributed by atoms with Crippen molar-refractivity contribution < 1.29 is 24.2 Å². The van der Waals surface area contributed by atoms with Crippen LogP contribution in [0.1, 0.15) is 66.4 Å². The lowest BCUT2D eigenvalue weighted by Crippen LogP contribution is -2.41. The number of nitrogens with one attached hydrogen (secondary N) is 1. The van der Waals surface area contributed by atoms with Crippen molar-refractivity contribution in [3.63, 3.8) is 0 Å². The topological polar surface area (TPSA) is 88.1 Å². The molecule has 2 aliphatic rings. The van der Waals surface area contributed by atoms with Gasteiger partial charge >= 0.3 is 5.97 Å². The Morgan fingerprint density at radius 3 is 2.59 bits per heavy atom. The van der Waals surface area contributed by atoms with E-state index >= 15 is 0 Å². The molecule has 1 aliphatic heterocycles. The summed E-state index contributed by atoms with van der Waals surface area (Å²) >= 11 is 1.57. The van der Waals surface area contributed by atoms with Gasteiger partial charge in [-0.05, 0) is 84.9 Å². The Kier molecular flexibility index (Phi) is 12.1. The lowest BCUT2D eigenvalue weighted by molar-refractivity contribution is -0.139. The summed E-state index contributed by atoms with van der Waals surface area (Å²) in [5.74, 6) is -0.0293. The maximum atomic E-state index is 13.4. The number of aliphatic carboxylic acids is 1. The molecule has 2 aromatic rings. The minimum absolute atomic E-state index is 0.201. The second-order valence-corrected chi connectivity index (χ2v) is 12.6. The summed E-state index contributed by atoms with van der Waals surface area (Å²) in [4.78, 5) is 27.7. The second-order valence-electron chi connectivity index (χ2n) is 11.6. The van der Waals surface area contributed by atoms with Gasteiger partial charge in [-0.25, -0.2) is 4.79 Å². The molecule has 1 saturated heterocycles. The van der Waals surface area contributed by atoms with Crippen molar-refractivity contribution in [3.8, 4) is 11.1 Å². The van der Waals surface area contributed by atoms with E-state index in [9.17, 15) is 14.7 Å². The first-order valence-corrected chi connectivity index (χ1v) is 16.3. The molecule has 8 heteroatoms. The molecule has 224 valence electrons. The van der Waals surface area contributed by atoms with E-state index in [0.29, 0.717) is 30.3 Å². The molecule has 1 amide bonds. The van der Waals surface area contributed by atoms with Crippen molar-refractivity contribution in [2.24, 2.45) is 5.92 Å². The molecule has 0 radical (unpaired) electrons. The SMILES string of the molecule is COC[C@@H]1CC(OCC2CCCCC2)CN1Cc1ccc(C(=O)N[C@@H](CCSC)C(=O)O)c(-c2ccccc2C)c1. The average Bonchev–Trinajstić information content (AvgIpc) is 3.35. The molecule has 4 rings (SSSR count). The number of ether oxygens (including phenoxy) is 2. The first-order valence-electron chi connectivity index (χ1n) is 15.0. The number of thioether (sulfide) groups is 1. The quantitative estimate of drug-likeness (QED) is 0.292. The van der Waals surface area contributed by atoms with E-state index in [1.165, 1.54) is 32.1 Å². The van der Waals surface area contributed by atoms with Crippen molar-refractivity contribution in [1.82, 2.24) is 10.2 Å². The summed E-state index contributed by atoms with van der Waals surface area (Å²) in [5.41, 5.74) is 4.44. The van der Waals surface area contributed by atoms with E-state index in [4.69, 9.17) is 9.47 Å². The zero-order valence-corrected chi connectivity index (χ0v) is 25.6. The first-order chi connectivity index (χ1) is 19.9. The lowest BCUT2D eigenvalue weighted by Gasteiger charge is -2.25. The van der Waals surface area contributed by atoms with E-state index < -0.39 is 12.0 Å². The van der Waals surface area contributed by atoms with Crippen LogP contribution >= 0.6 is 11.8 Å². The van der Waals surface area contributed by atoms with Crippen LogP contribution in [0.25, 0.3) is 11.1 Å². The van der Waals surface area contributed by atoms with Gasteiger partial charge in [-0.3, -0.25) is 9.69 Å². The molecular weight excluding hydrogens is 536 g/mol. The molecule has 3 atom stereocenters. The van der Waals surface area contributed by atoms with Crippen LogP contribution in [0.5, 0.6) is 0 Å². The molecule has 0 bridgehead atoms. The predicted molar refractivity (Wildman–Crippen MR) is 166 cm³/mol. The number of carbonyl (C=O) groups is 2. The Labute approximate surface area is 249 Å². The maximum absolute atomic E-state index is 13.4. The van der Waals surface area contributed by atoms with Crippen LogP contribution in [-0.2, 0) is 20.8 Å². The highest BCUT2D eigenvalue weighted by molar-refractivity contribution is 7.98. The number of benzene rings is 2. The number of likely N-dealkylation sites (tertiary alicyclic amines) is 1. The van der Waals surface area contributed by atoms with Crippen molar-refractivity contribution in [1.29, 1.82) is 0 Å².